The van der Waals surface area contributed by atoms with E-state index in [0.717, 1.165) is 5.56 Å². The molecule has 0 saturated heterocycles. The number of thiocarbonyl (C=S) groups is 1. The van der Waals surface area contributed by atoms with E-state index in [1.54, 1.807) is 54.6 Å². The monoisotopic (exact) mass is 400 g/mol. The highest BCUT2D eigenvalue weighted by molar-refractivity contribution is 7.80. The molecule has 29 heavy (non-hydrogen) atoms. The predicted octanol–water partition coefficient (Wildman–Crippen LogP) is 3.90. The first-order valence-corrected chi connectivity index (χ1v) is 9.36. The maximum absolute atomic E-state index is 12.8. The molecular formula is C23H16N2O3S. The second kappa shape index (κ2) is 7.41. The fourth-order valence-corrected chi connectivity index (χ4v) is 3.43. The van der Waals surface area contributed by atoms with Gasteiger partial charge in [0.15, 0.2) is 16.7 Å². The quantitative estimate of drug-likeness (QED) is 0.499. The molecule has 0 radical (unpaired) electrons. The third-order valence-electron chi connectivity index (χ3n) is 4.72. The van der Waals surface area contributed by atoms with Gasteiger partial charge in [-0.3, -0.25) is 19.7 Å². The van der Waals surface area contributed by atoms with Crippen LogP contribution in [0.4, 0.5) is 5.69 Å². The molecule has 0 saturated carbocycles. The number of ketones is 2. The molecule has 0 bridgehead atoms. The van der Waals surface area contributed by atoms with E-state index in [1.807, 2.05) is 19.1 Å². The van der Waals surface area contributed by atoms with Crippen LogP contribution in [-0.2, 0) is 0 Å². The van der Waals surface area contributed by atoms with Crippen molar-refractivity contribution in [2.45, 2.75) is 6.92 Å². The zero-order valence-electron chi connectivity index (χ0n) is 15.5. The van der Waals surface area contributed by atoms with Crippen LogP contribution >= 0.6 is 12.2 Å². The van der Waals surface area contributed by atoms with Gasteiger partial charge >= 0.3 is 0 Å². The Morgan fingerprint density at radius 1 is 0.793 bits per heavy atom. The van der Waals surface area contributed by atoms with Crippen LogP contribution in [0.1, 0.15) is 47.8 Å². The Kier molecular flexibility index (Phi) is 4.78. The van der Waals surface area contributed by atoms with Gasteiger partial charge in [-0.1, -0.05) is 42.0 Å². The van der Waals surface area contributed by atoms with Crippen molar-refractivity contribution in [3.05, 3.63) is 100 Å². The standard InChI is InChI=1S/C23H16N2O3S/c1-13-6-8-14(9-7-13)22(28)25-23(29)24-15-10-11-18-19(12-15)21(27)17-5-3-2-4-16(17)20(18)26/h2-12H,1H3,(H2,24,25,28,29). The molecule has 1 aliphatic rings. The zero-order chi connectivity index (χ0) is 20.5. The van der Waals surface area contributed by atoms with Crippen molar-refractivity contribution >= 4 is 40.5 Å². The Labute approximate surface area is 172 Å². The van der Waals surface area contributed by atoms with Gasteiger partial charge in [0.05, 0.1) is 0 Å². The summed E-state index contributed by atoms with van der Waals surface area (Å²) in [6.07, 6.45) is 0. The van der Waals surface area contributed by atoms with Crippen LogP contribution in [0.2, 0.25) is 0 Å². The first-order valence-electron chi connectivity index (χ1n) is 8.95. The molecule has 0 fully saturated rings. The molecule has 5 nitrogen and oxygen atoms in total. The second-order valence-corrected chi connectivity index (χ2v) is 7.15. The molecule has 3 aromatic rings. The van der Waals surface area contributed by atoms with Crippen LogP contribution in [-0.4, -0.2) is 22.6 Å². The third kappa shape index (κ3) is 3.58. The van der Waals surface area contributed by atoms with Crippen LogP contribution in [0.15, 0.2) is 66.7 Å². The predicted molar refractivity (Wildman–Crippen MR) is 115 cm³/mol. The number of amides is 1. The van der Waals surface area contributed by atoms with Crippen molar-refractivity contribution in [3.8, 4) is 0 Å². The summed E-state index contributed by atoms with van der Waals surface area (Å²) in [4.78, 5) is 37.7. The summed E-state index contributed by atoms with van der Waals surface area (Å²) in [5, 5.41) is 5.61. The number of carbonyl (C=O) groups excluding carboxylic acids is 3. The number of anilines is 1. The van der Waals surface area contributed by atoms with E-state index >= 15 is 0 Å². The van der Waals surface area contributed by atoms with Crippen molar-refractivity contribution in [1.29, 1.82) is 0 Å². The lowest BCUT2D eigenvalue weighted by molar-refractivity contribution is 0.0976. The topological polar surface area (TPSA) is 75.3 Å². The highest BCUT2D eigenvalue weighted by Gasteiger charge is 2.29. The Balaban J connectivity index is 1.53. The van der Waals surface area contributed by atoms with E-state index in [0.29, 0.717) is 33.5 Å². The molecule has 2 N–H and O–H groups in total. The van der Waals surface area contributed by atoms with Gasteiger partial charge in [0.25, 0.3) is 5.91 Å². The van der Waals surface area contributed by atoms with Crippen molar-refractivity contribution in [3.63, 3.8) is 0 Å². The average Bonchev–Trinajstić information content (AvgIpc) is 2.72. The molecule has 142 valence electrons. The minimum absolute atomic E-state index is 0.102. The zero-order valence-corrected chi connectivity index (χ0v) is 16.3. The van der Waals surface area contributed by atoms with Crippen LogP contribution < -0.4 is 10.6 Å². The highest BCUT2D eigenvalue weighted by atomic mass is 32.1. The number of fused-ring (bicyclic) bond motifs is 2. The minimum Gasteiger partial charge on any atom is -0.332 e. The summed E-state index contributed by atoms with van der Waals surface area (Å²) in [6, 6.07) is 18.7. The van der Waals surface area contributed by atoms with Gasteiger partial charge in [-0.15, -0.1) is 0 Å². The molecule has 1 aliphatic carbocycles. The van der Waals surface area contributed by atoms with Gasteiger partial charge in [0, 0.05) is 33.5 Å². The van der Waals surface area contributed by atoms with Crippen LogP contribution in [0, 0.1) is 6.92 Å². The largest absolute Gasteiger partial charge is 0.332 e. The van der Waals surface area contributed by atoms with Crippen LogP contribution in [0.3, 0.4) is 0 Å². The normalized spacial score (nSPS) is 12.0. The minimum atomic E-state index is -0.333. The summed E-state index contributed by atoms with van der Waals surface area (Å²) in [6.45, 7) is 1.94. The van der Waals surface area contributed by atoms with Gasteiger partial charge in [0.1, 0.15) is 0 Å². The summed E-state index contributed by atoms with van der Waals surface area (Å²) in [5.41, 5.74) is 3.52. The van der Waals surface area contributed by atoms with E-state index in [2.05, 4.69) is 10.6 Å². The lowest BCUT2D eigenvalue weighted by Crippen LogP contribution is -2.34. The molecule has 3 aromatic carbocycles. The van der Waals surface area contributed by atoms with Gasteiger partial charge in [-0.2, -0.15) is 0 Å². The van der Waals surface area contributed by atoms with E-state index in [4.69, 9.17) is 12.2 Å². The van der Waals surface area contributed by atoms with Gasteiger partial charge in [0.2, 0.25) is 0 Å². The third-order valence-corrected chi connectivity index (χ3v) is 4.93. The second-order valence-electron chi connectivity index (χ2n) is 6.74. The Hall–Kier alpha value is -3.64. The van der Waals surface area contributed by atoms with E-state index in [9.17, 15) is 14.4 Å². The smallest absolute Gasteiger partial charge is 0.257 e. The van der Waals surface area contributed by atoms with E-state index < -0.39 is 0 Å². The Morgan fingerprint density at radius 3 is 2.03 bits per heavy atom. The van der Waals surface area contributed by atoms with E-state index in [1.165, 1.54) is 0 Å². The molecule has 6 heteroatoms. The Morgan fingerprint density at radius 2 is 1.38 bits per heavy atom. The Bertz CT molecular complexity index is 1180. The first kappa shape index (κ1) is 18.7. The number of rotatable bonds is 2. The van der Waals surface area contributed by atoms with Crippen molar-refractivity contribution in [2.24, 2.45) is 0 Å². The number of hydrogen-bond donors (Lipinski definition) is 2. The van der Waals surface area contributed by atoms with E-state index in [-0.39, 0.29) is 22.6 Å². The van der Waals surface area contributed by atoms with Gasteiger partial charge < -0.3 is 5.32 Å². The molecule has 0 aromatic heterocycles. The molecule has 0 unspecified atom stereocenters. The number of carbonyl (C=O) groups is 3. The molecule has 4 rings (SSSR count). The highest BCUT2D eigenvalue weighted by Crippen LogP contribution is 2.29. The SMILES string of the molecule is Cc1ccc(C(=O)NC(=S)Nc2ccc3c(c2)C(=O)c2ccccc2C3=O)cc1. The summed E-state index contributed by atoms with van der Waals surface area (Å²) >= 11 is 5.21. The van der Waals surface area contributed by atoms with Crippen LogP contribution in [0.5, 0.6) is 0 Å². The van der Waals surface area contributed by atoms with Crippen molar-refractivity contribution in [1.82, 2.24) is 5.32 Å². The molecule has 0 aliphatic heterocycles. The lowest BCUT2D eigenvalue weighted by atomic mass is 9.84. The molecule has 0 heterocycles. The maximum atomic E-state index is 12.8. The summed E-state index contributed by atoms with van der Waals surface area (Å²) < 4.78 is 0. The number of hydrogen-bond acceptors (Lipinski definition) is 4. The van der Waals surface area contributed by atoms with Crippen molar-refractivity contribution < 1.29 is 14.4 Å². The fourth-order valence-electron chi connectivity index (χ4n) is 3.22. The number of benzene rings is 3. The molecular weight excluding hydrogens is 384 g/mol. The summed E-state index contributed by atoms with van der Waals surface area (Å²) in [7, 11) is 0. The average molecular weight is 400 g/mol. The maximum Gasteiger partial charge on any atom is 0.257 e. The van der Waals surface area contributed by atoms with Crippen LogP contribution in [0.25, 0.3) is 0 Å². The number of nitrogens with one attached hydrogen (secondary N) is 2. The lowest BCUT2D eigenvalue weighted by Gasteiger charge is -2.18. The van der Waals surface area contributed by atoms with Gasteiger partial charge in [-0.25, -0.2) is 0 Å². The summed E-state index contributed by atoms with van der Waals surface area (Å²) in [5.74, 6) is -0.730. The molecule has 1 amide bonds. The fraction of sp³-hybridized carbons (Fsp3) is 0.0435. The number of aryl methyl sites for hydroxylation is 1. The van der Waals surface area contributed by atoms with Crippen molar-refractivity contribution in [2.75, 3.05) is 5.32 Å². The molecule has 0 atom stereocenters. The van der Waals surface area contributed by atoms with Gasteiger partial charge in [-0.05, 0) is 49.5 Å². The first-order chi connectivity index (χ1) is 13.9. The molecule has 0 spiro atoms.